The predicted molar refractivity (Wildman–Crippen MR) is 262 cm³/mol. The number of nitrogens with one attached hydrogen (secondary N) is 2. The Kier molecular flexibility index (Phi) is 15.8. The zero-order chi connectivity index (χ0) is 47.9. The Bertz CT molecular complexity index is 2540. The Labute approximate surface area is 398 Å². The van der Waals surface area contributed by atoms with E-state index in [0.717, 1.165) is 94.4 Å². The molecule has 1 saturated heterocycles. The topological polar surface area (TPSA) is 173 Å². The number of β-amino-alcohol motifs (C(OH)–C–C–N with tert-alkyl or cyclic N) is 1. The van der Waals surface area contributed by atoms with Crippen LogP contribution in [0.3, 0.4) is 0 Å². The number of ether oxygens (including phenoxy) is 2. The molecule has 7 rings (SSSR count). The fraction of sp³-hybridized carbons (Fsp3) is 0.491. The van der Waals surface area contributed by atoms with Crippen molar-refractivity contribution in [2.75, 3.05) is 13.2 Å². The first kappa shape index (κ1) is 49.2. The maximum atomic E-state index is 14.1. The minimum atomic E-state index is -0.876. The van der Waals surface area contributed by atoms with Crippen molar-refractivity contribution in [3.63, 3.8) is 0 Å². The highest BCUT2D eigenvalue weighted by Gasteiger charge is 2.44. The van der Waals surface area contributed by atoms with Crippen LogP contribution in [0.4, 0.5) is 0 Å². The molecule has 1 aliphatic carbocycles. The summed E-state index contributed by atoms with van der Waals surface area (Å²) in [6, 6.07) is 18.0. The van der Waals surface area contributed by atoms with E-state index in [2.05, 4.69) is 31.7 Å². The van der Waals surface area contributed by atoms with Gasteiger partial charge in [-0.25, -0.2) is 19.7 Å². The monoisotopic (exact) mass is 930 g/mol. The van der Waals surface area contributed by atoms with Crippen molar-refractivity contribution in [2.24, 2.45) is 5.41 Å². The molecule has 14 heteroatoms. The zero-order valence-corrected chi connectivity index (χ0v) is 40.8. The molecule has 3 amide bonds. The van der Waals surface area contributed by atoms with Gasteiger partial charge >= 0.3 is 5.97 Å². The summed E-state index contributed by atoms with van der Waals surface area (Å²) in [5, 5.41) is 17.4. The van der Waals surface area contributed by atoms with E-state index in [4.69, 9.17) is 9.47 Å². The summed E-state index contributed by atoms with van der Waals surface area (Å²) in [5.41, 5.74) is 7.68. The number of thiazole rings is 1. The summed E-state index contributed by atoms with van der Waals surface area (Å²) in [6.07, 6.45) is 8.59. The van der Waals surface area contributed by atoms with E-state index in [-0.39, 0.29) is 49.6 Å². The summed E-state index contributed by atoms with van der Waals surface area (Å²) in [7, 11) is 0. The molecular formula is C53H66N6O7S. The zero-order valence-electron chi connectivity index (χ0n) is 40.0. The van der Waals surface area contributed by atoms with Gasteiger partial charge in [-0.05, 0) is 106 Å². The van der Waals surface area contributed by atoms with Crippen molar-refractivity contribution >= 4 is 45.9 Å². The van der Waals surface area contributed by atoms with Crippen molar-refractivity contribution in [1.82, 2.24) is 30.5 Å². The minimum Gasteiger partial charge on any atom is -0.494 e. The van der Waals surface area contributed by atoms with Crippen LogP contribution in [0, 0.1) is 12.3 Å². The normalized spacial score (nSPS) is 17.1. The number of carbonyl (C=O) groups is 4. The van der Waals surface area contributed by atoms with Gasteiger partial charge < -0.3 is 30.1 Å². The number of aliphatic hydroxyl groups is 1. The Morgan fingerprint density at radius 1 is 0.881 bits per heavy atom. The molecule has 356 valence electrons. The summed E-state index contributed by atoms with van der Waals surface area (Å²) >= 11 is 1.58. The average molecular weight is 931 g/mol. The molecule has 1 saturated carbocycles. The lowest BCUT2D eigenvalue weighted by molar-refractivity contribution is -0.144. The lowest BCUT2D eigenvalue weighted by Crippen LogP contribution is -2.57. The van der Waals surface area contributed by atoms with Crippen molar-refractivity contribution in [1.29, 1.82) is 0 Å². The van der Waals surface area contributed by atoms with E-state index in [1.807, 2.05) is 109 Å². The first-order chi connectivity index (χ1) is 31.9. The standard InChI is InChI=1S/C53H66N6O7S/c1-33-47(67-32-57-33)36-19-17-34(18-20-36)29-54-49(62)44-27-38(60)30-59(44)50(63)48(52(2,3)4)58-45(61)16-10-8-9-13-25-65-39-22-24-41-43(28-39)55-31-56-46(41)37-21-23-40(51(64)66-53(5,6)7)42(26-37)35-14-11-12-15-35/h17-24,26,28,31-32,35,38,44,48,60H,8-16,25,27,29-30H2,1-7H3,(H,54,62)(H,58,61). The van der Waals surface area contributed by atoms with Crippen molar-refractivity contribution < 1.29 is 33.8 Å². The smallest absolute Gasteiger partial charge is 0.338 e. The number of unbranched alkanes of at least 4 members (excludes halogenated alkanes) is 3. The van der Waals surface area contributed by atoms with E-state index >= 15 is 0 Å². The van der Waals surface area contributed by atoms with Gasteiger partial charge in [0.15, 0.2) is 0 Å². The van der Waals surface area contributed by atoms with Crippen LogP contribution in [0.1, 0.15) is 139 Å². The molecule has 3 aromatic carbocycles. The van der Waals surface area contributed by atoms with Crippen LogP contribution in [0.25, 0.3) is 32.6 Å². The van der Waals surface area contributed by atoms with Crippen molar-refractivity contribution in [3.05, 3.63) is 94.9 Å². The largest absolute Gasteiger partial charge is 0.494 e. The molecule has 3 unspecified atom stereocenters. The van der Waals surface area contributed by atoms with E-state index in [0.29, 0.717) is 30.3 Å². The second-order valence-electron chi connectivity index (χ2n) is 20.1. The molecule has 5 aromatic rings. The number of aliphatic hydroxyl groups excluding tert-OH is 1. The molecular weight excluding hydrogens is 865 g/mol. The number of aromatic nitrogens is 3. The number of hydrogen-bond donors (Lipinski definition) is 3. The molecule has 3 atom stereocenters. The number of nitrogens with zero attached hydrogens (tertiary/aromatic N) is 4. The van der Waals surface area contributed by atoms with Crippen LogP contribution in [0.2, 0.25) is 0 Å². The fourth-order valence-corrected chi connectivity index (χ4v) is 9.92. The molecule has 67 heavy (non-hydrogen) atoms. The van der Waals surface area contributed by atoms with Gasteiger partial charge in [-0.1, -0.05) is 76.8 Å². The van der Waals surface area contributed by atoms with Gasteiger partial charge in [0.2, 0.25) is 17.7 Å². The molecule has 1 aliphatic heterocycles. The molecule has 2 aliphatic rings. The summed E-state index contributed by atoms with van der Waals surface area (Å²) in [5.74, 6) is -0.231. The van der Waals surface area contributed by atoms with Crippen molar-refractivity contribution in [2.45, 2.75) is 149 Å². The summed E-state index contributed by atoms with van der Waals surface area (Å²) in [6.45, 7) is 14.1. The Balaban J connectivity index is 0.869. The highest BCUT2D eigenvalue weighted by molar-refractivity contribution is 7.13. The number of fused-ring (bicyclic) bond motifs is 1. The third kappa shape index (κ3) is 12.6. The van der Waals surface area contributed by atoms with Gasteiger partial charge in [-0.2, -0.15) is 0 Å². The fourth-order valence-electron chi connectivity index (χ4n) is 9.10. The van der Waals surface area contributed by atoms with Crippen LogP contribution < -0.4 is 15.4 Å². The number of hydrogen-bond acceptors (Lipinski definition) is 11. The van der Waals surface area contributed by atoms with Crippen molar-refractivity contribution in [3.8, 4) is 27.4 Å². The maximum Gasteiger partial charge on any atom is 0.338 e. The van der Waals surface area contributed by atoms with E-state index in [1.165, 1.54) is 4.90 Å². The third-order valence-electron chi connectivity index (χ3n) is 12.6. The van der Waals surface area contributed by atoms with Gasteiger partial charge in [0.05, 0.1) is 45.6 Å². The number of amides is 3. The highest BCUT2D eigenvalue weighted by atomic mass is 32.1. The molecule has 13 nitrogen and oxygen atoms in total. The number of carbonyl (C=O) groups excluding carboxylic acids is 4. The van der Waals surface area contributed by atoms with Crippen LogP contribution >= 0.6 is 11.3 Å². The van der Waals surface area contributed by atoms with E-state index in [9.17, 15) is 24.3 Å². The molecule has 3 N–H and O–H groups in total. The SMILES string of the molecule is Cc1ncsc1-c1ccc(CNC(=O)C2CC(O)CN2C(=O)C(NC(=O)CCCCCCOc2ccc3c(-c4ccc(C(=O)OC(C)(C)C)c(C5CCCC5)c4)ncnc3c2)C(C)(C)C)cc1. The lowest BCUT2D eigenvalue weighted by atomic mass is 9.85. The Hall–Kier alpha value is -5.73. The third-order valence-corrected chi connectivity index (χ3v) is 13.6. The predicted octanol–water partition coefficient (Wildman–Crippen LogP) is 9.48. The minimum absolute atomic E-state index is 0.0204. The second-order valence-corrected chi connectivity index (χ2v) is 21.0. The molecule has 0 spiro atoms. The first-order valence-electron chi connectivity index (χ1n) is 23.8. The molecule has 2 fully saturated rings. The molecule has 0 bridgehead atoms. The number of benzene rings is 3. The Morgan fingerprint density at radius 2 is 1.61 bits per heavy atom. The average Bonchev–Trinajstić information content (AvgIpc) is 4.08. The maximum absolute atomic E-state index is 14.1. The number of rotatable bonds is 17. The number of likely N-dealkylation sites (tertiary alicyclic amines) is 1. The van der Waals surface area contributed by atoms with Gasteiger partial charge in [-0.3, -0.25) is 14.4 Å². The summed E-state index contributed by atoms with van der Waals surface area (Å²) < 4.78 is 11.9. The van der Waals surface area contributed by atoms with E-state index in [1.54, 1.807) is 17.7 Å². The van der Waals surface area contributed by atoms with Crippen LogP contribution in [-0.2, 0) is 25.7 Å². The van der Waals surface area contributed by atoms with Crippen LogP contribution in [-0.4, -0.2) is 85.6 Å². The molecule has 3 heterocycles. The first-order valence-corrected chi connectivity index (χ1v) is 24.6. The number of aryl methyl sites for hydroxylation is 1. The van der Waals surface area contributed by atoms with Crippen LogP contribution in [0.5, 0.6) is 5.75 Å². The molecule has 0 radical (unpaired) electrons. The second kappa shape index (κ2) is 21.5. The van der Waals surface area contributed by atoms with Gasteiger partial charge in [0.1, 0.15) is 29.8 Å². The summed E-state index contributed by atoms with van der Waals surface area (Å²) in [4.78, 5) is 70.1. The lowest BCUT2D eigenvalue weighted by Gasteiger charge is -2.35. The van der Waals surface area contributed by atoms with Crippen LogP contribution in [0.15, 0.2) is 72.5 Å². The van der Waals surface area contributed by atoms with E-state index < -0.39 is 29.2 Å². The van der Waals surface area contributed by atoms with Gasteiger partial charge in [0, 0.05) is 42.9 Å². The quantitative estimate of drug-likeness (QED) is 0.0602. The highest BCUT2D eigenvalue weighted by Crippen LogP contribution is 2.39. The van der Waals surface area contributed by atoms with Gasteiger partial charge in [-0.15, -0.1) is 11.3 Å². The Morgan fingerprint density at radius 3 is 2.31 bits per heavy atom. The molecule has 2 aromatic heterocycles. The number of esters is 1. The van der Waals surface area contributed by atoms with Gasteiger partial charge in [0.25, 0.3) is 0 Å².